The smallest absolute Gasteiger partial charge is 0.0456 e. The van der Waals surface area contributed by atoms with Gasteiger partial charge in [0.2, 0.25) is 0 Å². The van der Waals surface area contributed by atoms with E-state index in [0.29, 0.717) is 5.92 Å². The molecular formula is C16H23N. The van der Waals surface area contributed by atoms with E-state index < -0.39 is 0 Å². The van der Waals surface area contributed by atoms with Crippen LogP contribution in [0.5, 0.6) is 0 Å². The summed E-state index contributed by atoms with van der Waals surface area (Å²) >= 11 is 0. The van der Waals surface area contributed by atoms with Gasteiger partial charge in [-0.2, -0.15) is 0 Å². The summed E-state index contributed by atoms with van der Waals surface area (Å²) in [4.78, 5) is 3.52. The Morgan fingerprint density at radius 3 is 2.47 bits per heavy atom. The lowest BCUT2D eigenvalue weighted by Gasteiger charge is -2.15. The summed E-state index contributed by atoms with van der Waals surface area (Å²) in [5.41, 5.74) is 4.20. The van der Waals surface area contributed by atoms with Gasteiger partial charge >= 0.3 is 0 Å². The van der Waals surface area contributed by atoms with E-state index in [9.17, 15) is 0 Å². The zero-order valence-electron chi connectivity index (χ0n) is 11.6. The molecule has 0 aliphatic carbocycles. The van der Waals surface area contributed by atoms with Crippen LogP contribution < -0.4 is 0 Å². The van der Waals surface area contributed by atoms with Gasteiger partial charge in [0.05, 0.1) is 0 Å². The minimum atomic E-state index is 0.190. The van der Waals surface area contributed by atoms with Gasteiger partial charge in [-0.25, -0.2) is 0 Å². The number of hydrogen-bond donors (Lipinski definition) is 1. The lowest BCUT2D eigenvalue weighted by molar-refractivity contribution is 0.574. The minimum absolute atomic E-state index is 0.190. The van der Waals surface area contributed by atoms with E-state index in [1.165, 1.54) is 28.6 Å². The third-order valence-corrected chi connectivity index (χ3v) is 3.63. The van der Waals surface area contributed by atoms with Crippen LogP contribution >= 0.6 is 0 Å². The largest absolute Gasteiger partial charge is 0.358 e. The van der Waals surface area contributed by atoms with Crippen molar-refractivity contribution < 1.29 is 0 Å². The van der Waals surface area contributed by atoms with E-state index in [0.717, 1.165) is 0 Å². The second-order valence-corrected chi connectivity index (χ2v) is 6.09. The first-order valence-corrected chi connectivity index (χ1v) is 6.55. The van der Waals surface area contributed by atoms with E-state index >= 15 is 0 Å². The van der Waals surface area contributed by atoms with Crippen LogP contribution in [0.1, 0.15) is 58.2 Å². The summed E-state index contributed by atoms with van der Waals surface area (Å²) in [6.45, 7) is 11.3. The topological polar surface area (TPSA) is 15.8 Å². The van der Waals surface area contributed by atoms with Crippen LogP contribution in [0.3, 0.4) is 0 Å². The van der Waals surface area contributed by atoms with E-state index in [1.807, 2.05) is 0 Å². The van der Waals surface area contributed by atoms with Gasteiger partial charge < -0.3 is 4.98 Å². The molecule has 2 rings (SSSR count). The van der Waals surface area contributed by atoms with Gasteiger partial charge in [0.15, 0.2) is 0 Å². The van der Waals surface area contributed by atoms with Crippen molar-refractivity contribution >= 4 is 10.9 Å². The first-order valence-electron chi connectivity index (χ1n) is 6.55. The van der Waals surface area contributed by atoms with Gasteiger partial charge in [0.25, 0.3) is 0 Å². The standard InChI is InChI=1S/C16H23N/c1-6-11(2)12-7-8-14-13(9-12)10-15(17-14)16(3,4)5/h7-11,17H,6H2,1-5H3. The molecule has 1 unspecified atom stereocenters. The second kappa shape index (κ2) is 4.21. The van der Waals surface area contributed by atoms with Gasteiger partial charge in [-0.3, -0.25) is 0 Å². The molecule has 0 bridgehead atoms. The SMILES string of the molecule is CCC(C)c1ccc2[nH]c(C(C)(C)C)cc2c1. The van der Waals surface area contributed by atoms with Crippen LogP contribution in [0.4, 0.5) is 0 Å². The quantitative estimate of drug-likeness (QED) is 0.747. The Balaban J connectivity index is 2.48. The maximum atomic E-state index is 3.52. The predicted octanol–water partition coefficient (Wildman–Crippen LogP) is 4.98. The first-order chi connectivity index (χ1) is 7.91. The fraction of sp³-hybridized carbons (Fsp3) is 0.500. The zero-order valence-corrected chi connectivity index (χ0v) is 11.6. The molecule has 0 amide bonds. The Labute approximate surface area is 104 Å². The molecule has 0 spiro atoms. The molecule has 1 atom stereocenters. The van der Waals surface area contributed by atoms with E-state index in [1.54, 1.807) is 0 Å². The average Bonchev–Trinajstić information content (AvgIpc) is 2.70. The number of hydrogen-bond acceptors (Lipinski definition) is 0. The first kappa shape index (κ1) is 12.2. The Kier molecular flexibility index (Phi) is 3.03. The number of benzene rings is 1. The van der Waals surface area contributed by atoms with Crippen molar-refractivity contribution in [3.05, 3.63) is 35.5 Å². The van der Waals surface area contributed by atoms with E-state index in [-0.39, 0.29) is 5.41 Å². The molecule has 0 radical (unpaired) electrons. The van der Waals surface area contributed by atoms with Crippen molar-refractivity contribution in [3.8, 4) is 0 Å². The Hall–Kier alpha value is -1.24. The highest BCUT2D eigenvalue weighted by Crippen LogP contribution is 2.28. The van der Waals surface area contributed by atoms with Crippen molar-refractivity contribution in [2.24, 2.45) is 0 Å². The fourth-order valence-corrected chi connectivity index (χ4v) is 2.10. The third-order valence-electron chi connectivity index (χ3n) is 3.63. The van der Waals surface area contributed by atoms with Gasteiger partial charge in [-0.15, -0.1) is 0 Å². The monoisotopic (exact) mass is 229 g/mol. The van der Waals surface area contributed by atoms with Crippen molar-refractivity contribution in [1.29, 1.82) is 0 Å². The van der Waals surface area contributed by atoms with Crippen LogP contribution in [0.15, 0.2) is 24.3 Å². The van der Waals surface area contributed by atoms with Crippen LogP contribution in [0.2, 0.25) is 0 Å². The Bertz CT molecular complexity index is 514. The van der Waals surface area contributed by atoms with Gasteiger partial charge in [0.1, 0.15) is 0 Å². The number of H-pyrrole nitrogens is 1. The number of aromatic nitrogens is 1. The molecular weight excluding hydrogens is 206 g/mol. The highest BCUT2D eigenvalue weighted by Gasteiger charge is 2.16. The minimum Gasteiger partial charge on any atom is -0.358 e. The maximum Gasteiger partial charge on any atom is 0.0456 e. The predicted molar refractivity (Wildman–Crippen MR) is 75.7 cm³/mol. The van der Waals surface area contributed by atoms with Gasteiger partial charge in [-0.1, -0.05) is 40.7 Å². The number of rotatable bonds is 2. The summed E-state index contributed by atoms with van der Waals surface area (Å²) in [6.07, 6.45) is 1.20. The third kappa shape index (κ3) is 2.38. The molecule has 1 heteroatoms. The summed E-state index contributed by atoms with van der Waals surface area (Å²) in [7, 11) is 0. The molecule has 1 heterocycles. The molecule has 1 nitrogen and oxygen atoms in total. The molecule has 0 saturated heterocycles. The number of nitrogens with one attached hydrogen (secondary N) is 1. The van der Waals surface area contributed by atoms with Crippen molar-refractivity contribution in [2.45, 2.75) is 52.4 Å². The number of aromatic amines is 1. The van der Waals surface area contributed by atoms with E-state index in [2.05, 4.69) is 63.9 Å². The molecule has 1 aromatic heterocycles. The van der Waals surface area contributed by atoms with Crippen LogP contribution in [-0.4, -0.2) is 4.98 Å². The van der Waals surface area contributed by atoms with Crippen molar-refractivity contribution in [1.82, 2.24) is 4.98 Å². The summed E-state index contributed by atoms with van der Waals surface area (Å²) < 4.78 is 0. The molecule has 0 saturated carbocycles. The summed E-state index contributed by atoms with van der Waals surface area (Å²) in [6, 6.07) is 9.09. The molecule has 17 heavy (non-hydrogen) atoms. The molecule has 0 fully saturated rings. The average molecular weight is 229 g/mol. The Morgan fingerprint density at radius 1 is 1.18 bits per heavy atom. The van der Waals surface area contributed by atoms with Crippen LogP contribution in [0.25, 0.3) is 10.9 Å². The molecule has 1 N–H and O–H groups in total. The number of fused-ring (bicyclic) bond motifs is 1. The van der Waals surface area contributed by atoms with Crippen molar-refractivity contribution in [3.63, 3.8) is 0 Å². The lowest BCUT2D eigenvalue weighted by Crippen LogP contribution is -2.10. The van der Waals surface area contributed by atoms with Gasteiger partial charge in [-0.05, 0) is 41.5 Å². The maximum absolute atomic E-state index is 3.52. The van der Waals surface area contributed by atoms with Crippen molar-refractivity contribution in [2.75, 3.05) is 0 Å². The zero-order chi connectivity index (χ0) is 12.6. The Morgan fingerprint density at radius 2 is 1.88 bits per heavy atom. The van der Waals surface area contributed by atoms with Crippen LogP contribution in [0, 0.1) is 0 Å². The molecule has 2 aromatic rings. The summed E-state index contributed by atoms with van der Waals surface area (Å²) in [5, 5.41) is 1.34. The lowest BCUT2D eigenvalue weighted by atomic mass is 9.92. The molecule has 92 valence electrons. The second-order valence-electron chi connectivity index (χ2n) is 6.09. The van der Waals surface area contributed by atoms with Gasteiger partial charge in [0, 0.05) is 16.6 Å². The van der Waals surface area contributed by atoms with Crippen LogP contribution in [-0.2, 0) is 5.41 Å². The summed E-state index contributed by atoms with van der Waals surface area (Å²) in [5.74, 6) is 0.646. The molecule has 0 aliphatic heterocycles. The highest BCUT2D eigenvalue weighted by atomic mass is 14.7. The molecule has 1 aromatic carbocycles. The fourth-order valence-electron chi connectivity index (χ4n) is 2.10. The highest BCUT2D eigenvalue weighted by molar-refractivity contribution is 5.81. The molecule has 0 aliphatic rings. The van der Waals surface area contributed by atoms with E-state index in [4.69, 9.17) is 0 Å². The normalized spacial score (nSPS) is 14.2.